The molecule has 19 heavy (non-hydrogen) atoms. The van der Waals surface area contributed by atoms with Gasteiger partial charge in [0.25, 0.3) is 0 Å². The van der Waals surface area contributed by atoms with Gasteiger partial charge in [-0.2, -0.15) is 10.4 Å². The van der Waals surface area contributed by atoms with Gasteiger partial charge in [-0.15, -0.1) is 0 Å². The van der Waals surface area contributed by atoms with E-state index in [0.717, 1.165) is 30.2 Å². The summed E-state index contributed by atoms with van der Waals surface area (Å²) in [4.78, 5) is 0. The number of aryl methyl sites for hydroxylation is 1. The standard InChI is InChI=1S/C16H21N3/c1-2-19-15(8-14(9-17)18-19)16-12-4-10-3-11(6-12)7-13(16)5-10/h8,10-13,16H,2-7H2,1H3. The van der Waals surface area contributed by atoms with Gasteiger partial charge in [0.1, 0.15) is 6.07 Å². The quantitative estimate of drug-likeness (QED) is 0.813. The van der Waals surface area contributed by atoms with Crippen molar-refractivity contribution in [2.24, 2.45) is 23.7 Å². The molecule has 0 saturated heterocycles. The van der Waals surface area contributed by atoms with Crippen molar-refractivity contribution in [2.45, 2.75) is 51.5 Å². The van der Waals surface area contributed by atoms with E-state index in [4.69, 9.17) is 5.26 Å². The second kappa shape index (κ2) is 4.10. The zero-order valence-electron chi connectivity index (χ0n) is 11.5. The summed E-state index contributed by atoms with van der Waals surface area (Å²) in [5.74, 6) is 4.43. The normalized spacial score (nSPS) is 39.5. The molecule has 0 unspecified atom stereocenters. The summed E-state index contributed by atoms with van der Waals surface area (Å²) in [5.41, 5.74) is 1.96. The van der Waals surface area contributed by atoms with Crippen LogP contribution in [0.25, 0.3) is 0 Å². The third-order valence-corrected chi connectivity index (χ3v) is 5.79. The van der Waals surface area contributed by atoms with E-state index in [1.807, 2.05) is 0 Å². The SMILES string of the molecule is CCn1nc(C#N)cc1C1C2CC3CC(C2)CC1C3. The molecule has 1 heterocycles. The van der Waals surface area contributed by atoms with Crippen molar-refractivity contribution in [3.05, 3.63) is 17.5 Å². The molecule has 0 radical (unpaired) electrons. The molecule has 0 atom stereocenters. The molecule has 1 aromatic heterocycles. The summed E-state index contributed by atoms with van der Waals surface area (Å²) >= 11 is 0. The molecule has 4 aliphatic carbocycles. The van der Waals surface area contributed by atoms with Crippen molar-refractivity contribution in [3.8, 4) is 6.07 Å². The Hall–Kier alpha value is -1.30. The summed E-state index contributed by atoms with van der Waals surface area (Å²) in [7, 11) is 0. The fourth-order valence-electron chi connectivity index (χ4n) is 5.42. The van der Waals surface area contributed by atoms with Crippen molar-refractivity contribution < 1.29 is 0 Å². The summed E-state index contributed by atoms with van der Waals surface area (Å²) in [6, 6.07) is 4.28. The van der Waals surface area contributed by atoms with Gasteiger partial charge in [-0.05, 0) is 68.8 Å². The Kier molecular flexibility index (Phi) is 2.48. The van der Waals surface area contributed by atoms with E-state index in [2.05, 4.69) is 28.8 Å². The first kappa shape index (κ1) is 11.5. The van der Waals surface area contributed by atoms with Gasteiger partial charge < -0.3 is 0 Å². The lowest BCUT2D eigenvalue weighted by Gasteiger charge is -2.54. The molecule has 4 fully saturated rings. The number of rotatable bonds is 2. The molecule has 3 heteroatoms. The predicted molar refractivity (Wildman–Crippen MR) is 72.4 cm³/mol. The molecular formula is C16H21N3. The minimum absolute atomic E-state index is 0.602. The lowest BCUT2D eigenvalue weighted by Crippen LogP contribution is -2.44. The molecule has 0 N–H and O–H groups in total. The number of hydrogen-bond acceptors (Lipinski definition) is 2. The maximum Gasteiger partial charge on any atom is 0.162 e. The van der Waals surface area contributed by atoms with Crippen molar-refractivity contribution in [3.63, 3.8) is 0 Å². The van der Waals surface area contributed by atoms with E-state index in [1.54, 1.807) is 0 Å². The average molecular weight is 255 g/mol. The smallest absolute Gasteiger partial charge is 0.162 e. The van der Waals surface area contributed by atoms with Crippen molar-refractivity contribution in [2.75, 3.05) is 0 Å². The molecule has 0 spiro atoms. The molecule has 5 rings (SSSR count). The van der Waals surface area contributed by atoms with Gasteiger partial charge in [-0.1, -0.05) is 0 Å². The Labute approximate surface area is 114 Å². The van der Waals surface area contributed by atoms with Crippen LogP contribution in [0, 0.1) is 35.0 Å². The fourth-order valence-corrected chi connectivity index (χ4v) is 5.42. The molecule has 100 valence electrons. The van der Waals surface area contributed by atoms with Crippen LogP contribution in [-0.4, -0.2) is 9.78 Å². The largest absolute Gasteiger partial charge is 0.268 e. The van der Waals surface area contributed by atoms with Crippen LogP contribution >= 0.6 is 0 Å². The Morgan fingerprint density at radius 1 is 1.21 bits per heavy atom. The second-order valence-corrected chi connectivity index (χ2v) is 6.84. The monoisotopic (exact) mass is 255 g/mol. The van der Waals surface area contributed by atoms with Gasteiger partial charge >= 0.3 is 0 Å². The van der Waals surface area contributed by atoms with Gasteiger partial charge in [-0.3, -0.25) is 4.68 Å². The van der Waals surface area contributed by atoms with E-state index in [-0.39, 0.29) is 0 Å². The van der Waals surface area contributed by atoms with E-state index < -0.39 is 0 Å². The molecule has 1 aromatic rings. The van der Waals surface area contributed by atoms with Crippen LogP contribution in [0.4, 0.5) is 0 Å². The van der Waals surface area contributed by atoms with Crippen LogP contribution in [0.3, 0.4) is 0 Å². The van der Waals surface area contributed by atoms with Gasteiger partial charge in [0.05, 0.1) is 0 Å². The number of hydrogen-bond donors (Lipinski definition) is 0. The molecule has 4 bridgehead atoms. The van der Waals surface area contributed by atoms with Crippen molar-refractivity contribution in [1.29, 1.82) is 5.26 Å². The van der Waals surface area contributed by atoms with Crippen LogP contribution in [-0.2, 0) is 6.54 Å². The second-order valence-electron chi connectivity index (χ2n) is 6.84. The first-order chi connectivity index (χ1) is 9.28. The Morgan fingerprint density at radius 2 is 1.84 bits per heavy atom. The van der Waals surface area contributed by atoms with Gasteiger partial charge in [0.2, 0.25) is 0 Å². The highest BCUT2D eigenvalue weighted by atomic mass is 15.3. The summed E-state index contributed by atoms with van der Waals surface area (Å²) < 4.78 is 2.09. The van der Waals surface area contributed by atoms with E-state index in [1.165, 1.54) is 37.8 Å². The molecule has 4 aliphatic rings. The number of aromatic nitrogens is 2. The number of nitrogens with zero attached hydrogens (tertiary/aromatic N) is 3. The highest BCUT2D eigenvalue weighted by Gasteiger charge is 2.49. The highest BCUT2D eigenvalue weighted by molar-refractivity contribution is 5.27. The zero-order valence-corrected chi connectivity index (χ0v) is 11.5. The molecule has 3 nitrogen and oxygen atoms in total. The summed E-state index contributed by atoms with van der Waals surface area (Å²) in [5, 5.41) is 13.5. The van der Waals surface area contributed by atoms with Crippen LogP contribution in [0.5, 0.6) is 0 Å². The highest BCUT2D eigenvalue weighted by Crippen LogP contribution is 2.59. The van der Waals surface area contributed by atoms with E-state index in [9.17, 15) is 0 Å². The average Bonchev–Trinajstić information content (AvgIpc) is 2.81. The molecule has 0 amide bonds. The maximum atomic E-state index is 9.10. The Balaban J connectivity index is 1.72. The van der Waals surface area contributed by atoms with Gasteiger partial charge in [0.15, 0.2) is 5.69 Å². The summed E-state index contributed by atoms with van der Waals surface area (Å²) in [6.45, 7) is 3.02. The van der Waals surface area contributed by atoms with Crippen LogP contribution in [0.2, 0.25) is 0 Å². The topological polar surface area (TPSA) is 41.6 Å². The minimum atomic E-state index is 0.602. The lowest BCUT2D eigenvalue weighted by molar-refractivity contribution is -0.00558. The Bertz CT molecular complexity index is 509. The molecule has 4 saturated carbocycles. The lowest BCUT2D eigenvalue weighted by atomic mass is 9.51. The van der Waals surface area contributed by atoms with E-state index >= 15 is 0 Å². The molecule has 0 aromatic carbocycles. The van der Waals surface area contributed by atoms with Crippen LogP contribution < -0.4 is 0 Å². The molecule has 0 aliphatic heterocycles. The summed E-state index contributed by atoms with van der Waals surface area (Å²) in [6.07, 6.45) is 7.20. The van der Waals surface area contributed by atoms with Crippen molar-refractivity contribution in [1.82, 2.24) is 9.78 Å². The fraction of sp³-hybridized carbons (Fsp3) is 0.750. The third-order valence-electron chi connectivity index (χ3n) is 5.79. The minimum Gasteiger partial charge on any atom is -0.268 e. The molecular weight excluding hydrogens is 234 g/mol. The maximum absolute atomic E-state index is 9.10. The Morgan fingerprint density at radius 3 is 2.37 bits per heavy atom. The van der Waals surface area contributed by atoms with E-state index in [0.29, 0.717) is 11.6 Å². The zero-order chi connectivity index (χ0) is 13.0. The van der Waals surface area contributed by atoms with Crippen molar-refractivity contribution >= 4 is 0 Å². The predicted octanol–water partition coefficient (Wildman–Crippen LogP) is 3.31. The van der Waals surface area contributed by atoms with Crippen LogP contribution in [0.1, 0.15) is 56.3 Å². The van der Waals surface area contributed by atoms with Crippen LogP contribution in [0.15, 0.2) is 6.07 Å². The first-order valence-corrected chi connectivity index (χ1v) is 7.76. The third kappa shape index (κ3) is 1.65. The van der Waals surface area contributed by atoms with Gasteiger partial charge in [-0.25, -0.2) is 0 Å². The number of nitriles is 1. The first-order valence-electron chi connectivity index (χ1n) is 7.76. The van der Waals surface area contributed by atoms with Gasteiger partial charge in [0, 0.05) is 18.2 Å².